The Labute approximate surface area is 135 Å². The highest BCUT2D eigenvalue weighted by atomic mass is 35.5. The van der Waals surface area contributed by atoms with E-state index >= 15 is 0 Å². The van der Waals surface area contributed by atoms with Crippen LogP contribution in [-0.2, 0) is 5.75 Å². The summed E-state index contributed by atoms with van der Waals surface area (Å²) in [6.07, 6.45) is 0. The van der Waals surface area contributed by atoms with Gasteiger partial charge in [0.2, 0.25) is 0 Å². The Balaban J connectivity index is 2.13. The number of rotatable bonds is 4. The molecule has 106 valence electrons. The van der Waals surface area contributed by atoms with Gasteiger partial charge in [0.1, 0.15) is 0 Å². The predicted molar refractivity (Wildman–Crippen MR) is 86.7 cm³/mol. The topological polar surface area (TPSA) is 55.1 Å². The molecule has 0 radical (unpaired) electrons. The van der Waals surface area contributed by atoms with E-state index in [2.05, 4.69) is 5.43 Å². The number of hydrogen-bond acceptors (Lipinski definition) is 4. The van der Waals surface area contributed by atoms with Gasteiger partial charge in [0, 0.05) is 20.5 Å². The molecule has 3 N–H and O–H groups in total. The van der Waals surface area contributed by atoms with Gasteiger partial charge in [-0.05, 0) is 36.8 Å². The van der Waals surface area contributed by atoms with E-state index in [0.29, 0.717) is 14.9 Å². The van der Waals surface area contributed by atoms with Crippen molar-refractivity contribution in [3.63, 3.8) is 0 Å². The maximum Gasteiger partial charge on any atom is 0.275 e. The van der Waals surface area contributed by atoms with Crippen LogP contribution in [0.2, 0.25) is 10.0 Å². The molecule has 0 aliphatic rings. The van der Waals surface area contributed by atoms with Crippen LogP contribution in [0.1, 0.15) is 20.1 Å². The predicted octanol–water partition coefficient (Wildman–Crippen LogP) is 4.26. The zero-order valence-corrected chi connectivity index (χ0v) is 13.7. The van der Waals surface area contributed by atoms with Crippen molar-refractivity contribution in [3.05, 3.63) is 49.6 Å². The Morgan fingerprint density at radius 3 is 2.85 bits per heavy atom. The highest BCUT2D eigenvalue weighted by molar-refractivity contribution is 7.98. The van der Waals surface area contributed by atoms with Crippen molar-refractivity contribution < 1.29 is 4.79 Å². The molecule has 1 aromatic carbocycles. The first-order valence-corrected chi connectivity index (χ1v) is 8.25. The standard InChI is InChI=1S/C13H12Cl2N2OS2/c1-7-8(4-12(20-7)13(18)17-16)6-19-11-5-9(14)2-3-10(11)15/h2-5H,6,16H2,1H3,(H,17,18). The van der Waals surface area contributed by atoms with Gasteiger partial charge >= 0.3 is 0 Å². The number of hydrazine groups is 1. The summed E-state index contributed by atoms with van der Waals surface area (Å²) in [5, 5.41) is 1.33. The van der Waals surface area contributed by atoms with Gasteiger partial charge in [0.25, 0.3) is 5.91 Å². The largest absolute Gasteiger partial charge is 0.289 e. The minimum atomic E-state index is -0.268. The summed E-state index contributed by atoms with van der Waals surface area (Å²) >= 11 is 15.1. The monoisotopic (exact) mass is 346 g/mol. The van der Waals surface area contributed by atoms with Gasteiger partial charge in [-0.2, -0.15) is 0 Å². The zero-order chi connectivity index (χ0) is 14.7. The van der Waals surface area contributed by atoms with E-state index in [1.807, 2.05) is 19.1 Å². The summed E-state index contributed by atoms with van der Waals surface area (Å²) in [7, 11) is 0. The smallest absolute Gasteiger partial charge is 0.275 e. The Kier molecular flexibility index (Phi) is 5.35. The number of aryl methyl sites for hydroxylation is 1. The number of thiophene rings is 1. The second-order valence-corrected chi connectivity index (χ2v) is 7.15. The van der Waals surface area contributed by atoms with E-state index in [9.17, 15) is 4.79 Å². The van der Waals surface area contributed by atoms with Crippen LogP contribution in [0.25, 0.3) is 0 Å². The van der Waals surface area contributed by atoms with Crippen molar-refractivity contribution in [1.82, 2.24) is 5.43 Å². The molecule has 0 saturated carbocycles. The van der Waals surface area contributed by atoms with Crippen LogP contribution in [0.15, 0.2) is 29.2 Å². The van der Waals surface area contributed by atoms with E-state index in [-0.39, 0.29) is 5.91 Å². The van der Waals surface area contributed by atoms with Gasteiger partial charge < -0.3 is 0 Å². The third kappa shape index (κ3) is 3.68. The Morgan fingerprint density at radius 2 is 2.15 bits per heavy atom. The number of nitrogens with one attached hydrogen (secondary N) is 1. The van der Waals surface area contributed by atoms with E-state index in [1.54, 1.807) is 23.9 Å². The molecule has 0 bridgehead atoms. The first-order valence-electron chi connectivity index (χ1n) is 5.69. The number of halogens is 2. The van der Waals surface area contributed by atoms with Crippen molar-refractivity contribution in [1.29, 1.82) is 0 Å². The highest BCUT2D eigenvalue weighted by Gasteiger charge is 2.12. The van der Waals surface area contributed by atoms with Crippen LogP contribution >= 0.6 is 46.3 Å². The molecule has 0 saturated heterocycles. The highest BCUT2D eigenvalue weighted by Crippen LogP contribution is 2.34. The molecule has 7 heteroatoms. The average molecular weight is 347 g/mol. The quantitative estimate of drug-likeness (QED) is 0.376. The molecular weight excluding hydrogens is 335 g/mol. The van der Waals surface area contributed by atoms with Crippen molar-refractivity contribution >= 4 is 52.2 Å². The SMILES string of the molecule is Cc1sc(C(=O)NN)cc1CSc1cc(Cl)ccc1Cl. The molecular formula is C13H12Cl2N2OS2. The molecule has 1 amide bonds. The fourth-order valence-corrected chi connectivity index (χ4v) is 4.17. The molecule has 2 rings (SSSR count). The van der Waals surface area contributed by atoms with Gasteiger partial charge in [-0.3, -0.25) is 10.2 Å². The Morgan fingerprint density at radius 1 is 1.40 bits per heavy atom. The van der Waals surface area contributed by atoms with Crippen LogP contribution in [0.3, 0.4) is 0 Å². The van der Waals surface area contributed by atoms with Crippen molar-refractivity contribution in [2.24, 2.45) is 5.84 Å². The zero-order valence-electron chi connectivity index (χ0n) is 10.6. The fraction of sp³-hybridized carbons (Fsp3) is 0.154. The maximum atomic E-state index is 11.5. The summed E-state index contributed by atoms with van der Waals surface area (Å²) in [5.41, 5.74) is 3.23. The molecule has 0 aliphatic heterocycles. The van der Waals surface area contributed by atoms with Crippen molar-refractivity contribution in [2.45, 2.75) is 17.6 Å². The summed E-state index contributed by atoms with van der Waals surface area (Å²) < 4.78 is 0. The van der Waals surface area contributed by atoms with Gasteiger partial charge in [0.05, 0.1) is 9.90 Å². The number of benzene rings is 1. The third-order valence-corrected chi connectivity index (χ3v) is 5.52. The van der Waals surface area contributed by atoms with Crippen LogP contribution in [0.4, 0.5) is 0 Å². The number of carbonyl (C=O) groups is 1. The number of hydrogen-bond donors (Lipinski definition) is 2. The second kappa shape index (κ2) is 6.83. The molecule has 3 nitrogen and oxygen atoms in total. The Hall–Kier alpha value is -0.720. The van der Waals surface area contributed by atoms with E-state index in [1.165, 1.54) is 11.3 Å². The summed E-state index contributed by atoms with van der Waals surface area (Å²) in [4.78, 5) is 14.1. The number of amides is 1. The van der Waals surface area contributed by atoms with Crippen LogP contribution in [-0.4, -0.2) is 5.91 Å². The minimum absolute atomic E-state index is 0.268. The molecule has 1 heterocycles. The van der Waals surface area contributed by atoms with Gasteiger partial charge in [-0.25, -0.2) is 5.84 Å². The van der Waals surface area contributed by atoms with Gasteiger partial charge in [0.15, 0.2) is 0 Å². The lowest BCUT2D eigenvalue weighted by Gasteiger charge is -2.04. The molecule has 20 heavy (non-hydrogen) atoms. The van der Waals surface area contributed by atoms with Crippen LogP contribution < -0.4 is 11.3 Å². The summed E-state index contributed by atoms with van der Waals surface area (Å²) in [6, 6.07) is 7.23. The lowest BCUT2D eigenvalue weighted by atomic mass is 10.3. The first-order chi connectivity index (χ1) is 9.51. The molecule has 1 aromatic heterocycles. The Bertz CT molecular complexity index is 643. The minimum Gasteiger partial charge on any atom is -0.289 e. The molecule has 0 unspecified atom stereocenters. The van der Waals surface area contributed by atoms with Gasteiger partial charge in [-0.1, -0.05) is 23.2 Å². The molecule has 0 aliphatic carbocycles. The van der Waals surface area contributed by atoms with Crippen molar-refractivity contribution in [3.8, 4) is 0 Å². The van der Waals surface area contributed by atoms with Crippen LogP contribution in [0, 0.1) is 6.92 Å². The second-order valence-electron chi connectivity index (χ2n) is 4.03. The normalized spacial score (nSPS) is 10.6. The summed E-state index contributed by atoms with van der Waals surface area (Å²) in [6.45, 7) is 1.98. The van der Waals surface area contributed by atoms with Crippen LogP contribution in [0.5, 0.6) is 0 Å². The number of carbonyl (C=O) groups excluding carboxylic acids is 1. The van der Waals surface area contributed by atoms with Gasteiger partial charge in [-0.15, -0.1) is 23.1 Å². The first kappa shape index (κ1) is 15.7. The van der Waals surface area contributed by atoms with E-state index < -0.39 is 0 Å². The molecule has 0 fully saturated rings. The lowest BCUT2D eigenvalue weighted by molar-refractivity contribution is 0.0957. The van der Waals surface area contributed by atoms with E-state index in [0.717, 1.165) is 21.1 Å². The van der Waals surface area contributed by atoms with Crippen molar-refractivity contribution in [2.75, 3.05) is 0 Å². The number of nitrogens with two attached hydrogens (primary N) is 1. The fourth-order valence-electron chi connectivity index (χ4n) is 1.59. The van der Waals surface area contributed by atoms with E-state index in [4.69, 9.17) is 29.0 Å². The number of nitrogen functional groups attached to an aromatic ring is 1. The third-order valence-electron chi connectivity index (χ3n) is 2.65. The summed E-state index contributed by atoms with van der Waals surface area (Å²) in [5.74, 6) is 5.59. The molecule has 0 spiro atoms. The number of thioether (sulfide) groups is 1. The maximum absolute atomic E-state index is 11.5. The lowest BCUT2D eigenvalue weighted by Crippen LogP contribution is -2.29. The molecule has 0 atom stereocenters. The molecule has 2 aromatic rings. The average Bonchev–Trinajstić information content (AvgIpc) is 2.80.